The Hall–Kier alpha value is -3.53. The van der Waals surface area contributed by atoms with Gasteiger partial charge < -0.3 is 19.9 Å². The number of aliphatic hydroxyl groups is 1. The number of carbonyl (C=O) groups excluding carboxylic acids is 1. The maximum Gasteiger partial charge on any atom is 0.252 e. The Morgan fingerprint density at radius 2 is 1.74 bits per heavy atom. The Bertz CT molecular complexity index is 1560. The molecule has 0 saturated heterocycles. The molecule has 216 valence electrons. The van der Waals surface area contributed by atoms with Crippen LogP contribution < -0.4 is 10.1 Å². The molecule has 0 spiro atoms. The van der Waals surface area contributed by atoms with Crippen LogP contribution >= 0.6 is 31.9 Å². The zero-order valence-electron chi connectivity index (χ0n) is 22.6. The van der Waals surface area contributed by atoms with Gasteiger partial charge in [0.2, 0.25) is 5.90 Å². The summed E-state index contributed by atoms with van der Waals surface area (Å²) in [5, 5.41) is 12.0. The van der Waals surface area contributed by atoms with Crippen molar-refractivity contribution in [2.45, 2.75) is 31.0 Å². The number of nitrogens with one attached hydrogen (secondary N) is 1. The molecule has 0 unspecified atom stereocenters. The molecule has 5 rings (SSSR count). The number of carbonyl (C=O) groups is 1. The Kier molecular flexibility index (Phi) is 9.72. The zero-order chi connectivity index (χ0) is 29.5. The van der Waals surface area contributed by atoms with Gasteiger partial charge in [0.25, 0.3) is 5.91 Å². The zero-order valence-corrected chi connectivity index (χ0v) is 25.8. The highest BCUT2D eigenvalue weighted by molar-refractivity contribution is 9.10. The first-order valence-corrected chi connectivity index (χ1v) is 15.1. The number of halogens is 3. The summed E-state index contributed by atoms with van der Waals surface area (Å²) in [6.07, 6.45) is 0.0291. The lowest BCUT2D eigenvalue weighted by Crippen LogP contribution is -2.49. The molecule has 2 N–H and O–H groups in total. The smallest absolute Gasteiger partial charge is 0.252 e. The van der Waals surface area contributed by atoms with Crippen LogP contribution in [0, 0.1) is 5.82 Å². The Morgan fingerprint density at radius 3 is 2.45 bits per heavy atom. The fraction of sp³-hybridized carbons (Fsp3) is 0.212. The maximum absolute atomic E-state index is 14.3. The number of ether oxygens (including phenoxy) is 2. The predicted octanol–water partition coefficient (Wildman–Crippen LogP) is 6.93. The van der Waals surface area contributed by atoms with Gasteiger partial charge in [-0.1, -0.05) is 74.3 Å². The second kappa shape index (κ2) is 13.6. The van der Waals surface area contributed by atoms with Crippen LogP contribution in [-0.4, -0.2) is 35.7 Å². The Balaban J connectivity index is 1.56. The van der Waals surface area contributed by atoms with Crippen molar-refractivity contribution in [3.05, 3.63) is 134 Å². The quantitative estimate of drug-likeness (QED) is 0.167. The van der Waals surface area contributed by atoms with E-state index in [0.29, 0.717) is 35.8 Å². The molecule has 1 aliphatic heterocycles. The van der Waals surface area contributed by atoms with Gasteiger partial charge in [0, 0.05) is 46.1 Å². The highest BCUT2D eigenvalue weighted by Gasteiger charge is 2.53. The van der Waals surface area contributed by atoms with Crippen molar-refractivity contribution in [2.24, 2.45) is 4.99 Å². The molecule has 1 amide bonds. The van der Waals surface area contributed by atoms with E-state index in [2.05, 4.69) is 37.2 Å². The first-order valence-electron chi connectivity index (χ1n) is 13.5. The number of benzene rings is 4. The molecule has 0 fully saturated rings. The SMILES string of the molecule is O=C(NCc1cccc(F)c1)[C@]1(Cc2ccc(Br)cc2)N=C(c2ccc(OCCCO)cc2)O[C@@H]1c1ccccc1Br. The number of aliphatic imine (C=N–C) groups is 1. The molecule has 42 heavy (non-hydrogen) atoms. The van der Waals surface area contributed by atoms with Crippen molar-refractivity contribution < 1.29 is 23.8 Å². The Labute approximate surface area is 260 Å². The number of aliphatic hydroxyl groups excluding tert-OH is 1. The average molecular weight is 696 g/mol. The summed E-state index contributed by atoms with van der Waals surface area (Å²) in [6, 6.07) is 28.8. The molecular weight excluding hydrogens is 667 g/mol. The van der Waals surface area contributed by atoms with Crippen LogP contribution in [0.15, 0.2) is 111 Å². The van der Waals surface area contributed by atoms with Gasteiger partial charge in [-0.25, -0.2) is 9.38 Å². The summed E-state index contributed by atoms with van der Waals surface area (Å²) < 4.78 is 27.8. The molecule has 0 aromatic heterocycles. The summed E-state index contributed by atoms with van der Waals surface area (Å²) in [5.41, 5.74) is 1.63. The first-order chi connectivity index (χ1) is 20.4. The van der Waals surface area contributed by atoms with E-state index in [9.17, 15) is 9.18 Å². The number of rotatable bonds is 11. The van der Waals surface area contributed by atoms with Crippen LogP contribution in [0.25, 0.3) is 0 Å². The topological polar surface area (TPSA) is 80.2 Å². The fourth-order valence-electron chi connectivity index (χ4n) is 4.84. The van der Waals surface area contributed by atoms with E-state index in [0.717, 1.165) is 20.1 Å². The van der Waals surface area contributed by atoms with E-state index < -0.39 is 11.6 Å². The molecule has 1 aliphatic rings. The summed E-state index contributed by atoms with van der Waals surface area (Å²) in [7, 11) is 0. The fourth-order valence-corrected chi connectivity index (χ4v) is 5.60. The van der Waals surface area contributed by atoms with Gasteiger partial charge in [0.1, 0.15) is 11.6 Å². The van der Waals surface area contributed by atoms with Gasteiger partial charge in [0.05, 0.1) is 6.61 Å². The van der Waals surface area contributed by atoms with Crippen LogP contribution in [0.4, 0.5) is 4.39 Å². The van der Waals surface area contributed by atoms with Crippen molar-refractivity contribution in [3.8, 4) is 5.75 Å². The molecule has 0 bridgehead atoms. The van der Waals surface area contributed by atoms with Gasteiger partial charge in [-0.2, -0.15) is 0 Å². The normalized spacial score (nSPS) is 17.8. The number of hydrogen-bond acceptors (Lipinski definition) is 5. The third kappa shape index (κ3) is 6.91. The van der Waals surface area contributed by atoms with Crippen molar-refractivity contribution >= 4 is 43.7 Å². The number of hydrogen-bond donors (Lipinski definition) is 2. The minimum atomic E-state index is -1.38. The van der Waals surface area contributed by atoms with E-state index in [1.165, 1.54) is 12.1 Å². The Morgan fingerprint density at radius 1 is 0.976 bits per heavy atom. The van der Waals surface area contributed by atoms with E-state index in [-0.39, 0.29) is 31.3 Å². The molecule has 4 aromatic rings. The number of nitrogens with zero attached hydrogens (tertiary/aromatic N) is 1. The monoisotopic (exact) mass is 694 g/mol. The van der Waals surface area contributed by atoms with E-state index in [1.54, 1.807) is 12.1 Å². The van der Waals surface area contributed by atoms with Crippen molar-refractivity contribution in [1.82, 2.24) is 5.32 Å². The first kappa shape index (κ1) is 29.9. The minimum Gasteiger partial charge on any atom is -0.494 e. The van der Waals surface area contributed by atoms with Gasteiger partial charge in [-0.05, 0) is 65.7 Å². The van der Waals surface area contributed by atoms with Gasteiger partial charge >= 0.3 is 0 Å². The van der Waals surface area contributed by atoms with E-state index in [1.807, 2.05) is 72.8 Å². The summed E-state index contributed by atoms with van der Waals surface area (Å²) in [6.45, 7) is 0.589. The molecular formula is C33H29Br2FN2O4. The maximum atomic E-state index is 14.3. The van der Waals surface area contributed by atoms with Crippen LogP contribution in [0.5, 0.6) is 5.75 Å². The lowest BCUT2D eigenvalue weighted by molar-refractivity contribution is -0.129. The third-order valence-electron chi connectivity index (χ3n) is 6.95. The van der Waals surface area contributed by atoms with E-state index in [4.69, 9.17) is 19.6 Å². The highest BCUT2D eigenvalue weighted by atomic mass is 79.9. The van der Waals surface area contributed by atoms with Crippen LogP contribution in [-0.2, 0) is 22.5 Å². The second-order valence-corrected chi connectivity index (χ2v) is 11.7. The van der Waals surface area contributed by atoms with Gasteiger partial charge in [-0.3, -0.25) is 4.79 Å². The molecule has 0 aliphatic carbocycles. The average Bonchev–Trinajstić information content (AvgIpc) is 3.38. The molecule has 6 nitrogen and oxygen atoms in total. The summed E-state index contributed by atoms with van der Waals surface area (Å²) in [5.74, 6) is 0.276. The molecule has 4 aromatic carbocycles. The molecule has 0 radical (unpaired) electrons. The number of amides is 1. The van der Waals surface area contributed by atoms with Crippen molar-refractivity contribution in [3.63, 3.8) is 0 Å². The second-order valence-electron chi connectivity index (χ2n) is 9.93. The lowest BCUT2D eigenvalue weighted by Gasteiger charge is -2.31. The van der Waals surface area contributed by atoms with Crippen LogP contribution in [0.3, 0.4) is 0 Å². The van der Waals surface area contributed by atoms with Crippen LogP contribution in [0.1, 0.15) is 34.8 Å². The highest BCUT2D eigenvalue weighted by Crippen LogP contribution is 2.44. The molecule has 2 atom stereocenters. The largest absolute Gasteiger partial charge is 0.494 e. The molecule has 9 heteroatoms. The summed E-state index contributed by atoms with van der Waals surface area (Å²) >= 11 is 7.15. The minimum absolute atomic E-state index is 0.0564. The van der Waals surface area contributed by atoms with Crippen molar-refractivity contribution in [1.29, 1.82) is 0 Å². The summed E-state index contributed by atoms with van der Waals surface area (Å²) in [4.78, 5) is 19.4. The van der Waals surface area contributed by atoms with Crippen LogP contribution in [0.2, 0.25) is 0 Å². The van der Waals surface area contributed by atoms with Crippen molar-refractivity contribution in [2.75, 3.05) is 13.2 Å². The van der Waals surface area contributed by atoms with E-state index >= 15 is 0 Å². The lowest BCUT2D eigenvalue weighted by atomic mass is 9.82. The third-order valence-corrected chi connectivity index (χ3v) is 8.20. The standard InChI is InChI=1S/C33H29Br2FN2O4/c34-25-13-9-22(10-14-25)20-33(32(40)37-21-23-5-3-6-26(36)19-23)30(28-7-1-2-8-29(28)35)42-31(38-33)24-11-15-27(16-12-24)41-18-4-17-39/h1-3,5-16,19,30,39H,4,17-18,20-21H2,(H,37,40)/t30-,33-/m1/s1. The van der Waals surface area contributed by atoms with Gasteiger partial charge in [0.15, 0.2) is 11.6 Å². The van der Waals surface area contributed by atoms with Gasteiger partial charge in [-0.15, -0.1) is 0 Å². The molecule has 0 saturated carbocycles. The molecule has 1 heterocycles. The predicted molar refractivity (Wildman–Crippen MR) is 167 cm³/mol.